The molecule has 3 aromatic rings. The molecule has 2 amide bonds. The Hall–Kier alpha value is -2.68. The normalized spacial score (nSPS) is 14.1. The second-order valence-electron chi connectivity index (χ2n) is 8.35. The van der Waals surface area contributed by atoms with E-state index in [1.807, 2.05) is 41.5 Å². The zero-order chi connectivity index (χ0) is 24.8. The Morgan fingerprint density at radius 2 is 2.11 bits per heavy atom. The molecule has 1 aliphatic heterocycles. The molecule has 0 aliphatic carbocycles. The minimum absolute atomic E-state index is 0.0137. The molecule has 0 atom stereocenters. The highest BCUT2D eigenvalue weighted by atomic mass is 35.5. The van der Waals surface area contributed by atoms with Crippen LogP contribution < -0.4 is 5.32 Å². The number of hydrogen-bond acceptors (Lipinski definition) is 6. The summed E-state index contributed by atoms with van der Waals surface area (Å²) >= 11 is 9.04. The molecular formula is C26H27ClN4O2S2. The topological polar surface area (TPSA) is 75.2 Å². The zero-order valence-electron chi connectivity index (χ0n) is 19.5. The van der Waals surface area contributed by atoms with Crippen LogP contribution in [-0.2, 0) is 6.54 Å². The van der Waals surface area contributed by atoms with Crippen molar-refractivity contribution in [1.29, 1.82) is 0 Å². The van der Waals surface area contributed by atoms with Gasteiger partial charge in [0.15, 0.2) is 0 Å². The fraction of sp³-hybridized carbons (Fsp3) is 0.308. The molecule has 0 radical (unpaired) electrons. The Bertz CT molecular complexity index is 1220. The van der Waals surface area contributed by atoms with Crippen LogP contribution in [0.1, 0.15) is 55.7 Å². The summed E-state index contributed by atoms with van der Waals surface area (Å²) in [6.07, 6.45) is 5.15. The van der Waals surface area contributed by atoms with E-state index in [1.54, 1.807) is 18.3 Å². The lowest BCUT2D eigenvalue weighted by Gasteiger charge is -2.31. The number of likely N-dealkylation sites (tertiary alicyclic amines) is 1. The van der Waals surface area contributed by atoms with Crippen LogP contribution in [0.25, 0.3) is 0 Å². The number of carbonyl (C=O) groups excluding carboxylic acids is 2. The molecule has 35 heavy (non-hydrogen) atoms. The Balaban J connectivity index is 1.32. The standard InChI is InChI=1S/C26H27ClN4O2S2/c1-3-13-34-25-21(5-4-10-28-25)26(33)31-11-8-18(9-12-31)24-30-22(16-35-24)23(32)29-15-19-6-7-20(27)14-17(19)2/h3-7,10,14,16,18H,1,8-9,11-13,15H2,2H3,(H,29,32). The van der Waals surface area contributed by atoms with Gasteiger partial charge in [0.25, 0.3) is 11.8 Å². The summed E-state index contributed by atoms with van der Waals surface area (Å²) in [5.41, 5.74) is 3.14. The van der Waals surface area contributed by atoms with Gasteiger partial charge in [-0.05, 0) is 55.2 Å². The van der Waals surface area contributed by atoms with Crippen molar-refractivity contribution in [3.63, 3.8) is 0 Å². The Morgan fingerprint density at radius 1 is 1.31 bits per heavy atom. The number of nitrogens with one attached hydrogen (secondary N) is 1. The number of carbonyl (C=O) groups is 2. The van der Waals surface area contributed by atoms with Gasteiger partial charge in [0, 0.05) is 47.9 Å². The van der Waals surface area contributed by atoms with Gasteiger partial charge in [-0.25, -0.2) is 9.97 Å². The van der Waals surface area contributed by atoms with Gasteiger partial charge in [0.05, 0.1) is 10.6 Å². The lowest BCUT2D eigenvalue weighted by atomic mass is 9.97. The van der Waals surface area contributed by atoms with Crippen LogP contribution in [0.4, 0.5) is 0 Å². The maximum absolute atomic E-state index is 13.1. The number of thioether (sulfide) groups is 1. The minimum Gasteiger partial charge on any atom is -0.347 e. The summed E-state index contributed by atoms with van der Waals surface area (Å²) in [6, 6.07) is 9.27. The van der Waals surface area contributed by atoms with Gasteiger partial charge >= 0.3 is 0 Å². The monoisotopic (exact) mass is 526 g/mol. The molecule has 0 bridgehead atoms. The smallest absolute Gasteiger partial charge is 0.271 e. The first-order chi connectivity index (χ1) is 17.0. The zero-order valence-corrected chi connectivity index (χ0v) is 21.9. The number of aromatic nitrogens is 2. The Morgan fingerprint density at radius 3 is 2.86 bits per heavy atom. The third-order valence-corrected chi connectivity index (χ3v) is 8.21. The third-order valence-electron chi connectivity index (χ3n) is 5.97. The first kappa shape index (κ1) is 25.4. The molecule has 4 rings (SSSR count). The van der Waals surface area contributed by atoms with E-state index in [9.17, 15) is 9.59 Å². The van der Waals surface area contributed by atoms with Gasteiger partial charge in [0.1, 0.15) is 10.7 Å². The van der Waals surface area contributed by atoms with Crippen LogP contribution in [0, 0.1) is 6.92 Å². The van der Waals surface area contributed by atoms with Crippen LogP contribution in [-0.4, -0.2) is 45.5 Å². The first-order valence-corrected chi connectivity index (χ1v) is 13.7. The number of amides is 2. The number of halogens is 1. The van der Waals surface area contributed by atoms with Crippen molar-refractivity contribution in [3.8, 4) is 0 Å². The molecule has 0 spiro atoms. The maximum Gasteiger partial charge on any atom is 0.271 e. The van der Waals surface area contributed by atoms with Gasteiger partial charge in [-0.2, -0.15) is 0 Å². The highest BCUT2D eigenvalue weighted by Gasteiger charge is 2.28. The fourth-order valence-electron chi connectivity index (χ4n) is 4.01. The summed E-state index contributed by atoms with van der Waals surface area (Å²) in [7, 11) is 0. The minimum atomic E-state index is -0.185. The summed E-state index contributed by atoms with van der Waals surface area (Å²) < 4.78 is 0. The second kappa shape index (κ2) is 11.8. The van der Waals surface area contributed by atoms with E-state index in [2.05, 4.69) is 21.9 Å². The molecule has 6 nitrogen and oxygen atoms in total. The van der Waals surface area contributed by atoms with Crippen LogP contribution in [0.15, 0.2) is 59.6 Å². The molecule has 2 aromatic heterocycles. The number of pyridine rings is 1. The van der Waals surface area contributed by atoms with Gasteiger partial charge in [-0.15, -0.1) is 29.7 Å². The fourth-order valence-corrected chi connectivity index (χ4v) is 5.93. The molecule has 3 heterocycles. The van der Waals surface area contributed by atoms with E-state index in [0.29, 0.717) is 41.7 Å². The lowest BCUT2D eigenvalue weighted by Crippen LogP contribution is -2.38. The van der Waals surface area contributed by atoms with Crippen molar-refractivity contribution in [2.45, 2.75) is 37.3 Å². The van der Waals surface area contributed by atoms with Crippen LogP contribution in [0.2, 0.25) is 5.02 Å². The van der Waals surface area contributed by atoms with Crippen LogP contribution in [0.3, 0.4) is 0 Å². The van der Waals surface area contributed by atoms with Crippen molar-refractivity contribution in [1.82, 2.24) is 20.2 Å². The summed E-state index contributed by atoms with van der Waals surface area (Å²) in [6.45, 7) is 7.45. The average Bonchev–Trinajstić information content (AvgIpc) is 3.37. The van der Waals surface area contributed by atoms with E-state index in [1.165, 1.54) is 23.1 Å². The van der Waals surface area contributed by atoms with Crippen LogP contribution >= 0.6 is 34.7 Å². The molecule has 1 N–H and O–H groups in total. The number of piperidine rings is 1. The molecular weight excluding hydrogens is 500 g/mol. The molecule has 0 saturated carbocycles. The Labute approximate surface area is 218 Å². The van der Waals surface area contributed by atoms with E-state index in [-0.39, 0.29) is 17.7 Å². The van der Waals surface area contributed by atoms with E-state index >= 15 is 0 Å². The quantitative estimate of drug-likeness (QED) is 0.300. The molecule has 1 saturated heterocycles. The van der Waals surface area contributed by atoms with E-state index in [4.69, 9.17) is 11.6 Å². The summed E-state index contributed by atoms with van der Waals surface area (Å²) in [5.74, 6) is 0.779. The first-order valence-electron chi connectivity index (χ1n) is 11.4. The highest BCUT2D eigenvalue weighted by molar-refractivity contribution is 7.99. The van der Waals surface area contributed by atoms with E-state index < -0.39 is 0 Å². The molecule has 9 heteroatoms. The van der Waals surface area contributed by atoms with Crippen molar-refractivity contribution < 1.29 is 9.59 Å². The largest absolute Gasteiger partial charge is 0.347 e. The van der Waals surface area contributed by atoms with Crippen molar-refractivity contribution >= 4 is 46.5 Å². The summed E-state index contributed by atoms with van der Waals surface area (Å²) in [5, 5.41) is 7.14. The molecule has 182 valence electrons. The molecule has 1 aliphatic rings. The number of nitrogens with zero attached hydrogens (tertiary/aromatic N) is 3. The Kier molecular flexibility index (Phi) is 8.59. The van der Waals surface area contributed by atoms with Gasteiger partial charge in [-0.3, -0.25) is 9.59 Å². The van der Waals surface area contributed by atoms with Crippen molar-refractivity contribution in [2.75, 3.05) is 18.8 Å². The number of rotatable bonds is 8. The van der Waals surface area contributed by atoms with Gasteiger partial charge < -0.3 is 10.2 Å². The average molecular weight is 527 g/mol. The predicted octanol–water partition coefficient (Wildman–Crippen LogP) is 5.73. The number of hydrogen-bond donors (Lipinski definition) is 1. The third kappa shape index (κ3) is 6.31. The number of benzene rings is 1. The van der Waals surface area contributed by atoms with E-state index in [0.717, 1.165) is 34.0 Å². The SMILES string of the molecule is C=CCSc1ncccc1C(=O)N1CCC(c2nc(C(=O)NCc3ccc(Cl)cc3C)cs2)CC1. The highest BCUT2D eigenvalue weighted by Crippen LogP contribution is 2.31. The molecule has 1 aromatic carbocycles. The summed E-state index contributed by atoms with van der Waals surface area (Å²) in [4.78, 5) is 36.6. The molecule has 1 fully saturated rings. The molecule has 0 unspecified atom stereocenters. The second-order valence-corrected chi connectivity index (χ2v) is 10.7. The predicted molar refractivity (Wildman–Crippen MR) is 143 cm³/mol. The van der Waals surface area contributed by atoms with Gasteiger partial charge in [-0.1, -0.05) is 23.7 Å². The van der Waals surface area contributed by atoms with Gasteiger partial charge in [0.2, 0.25) is 0 Å². The van der Waals surface area contributed by atoms with Crippen molar-refractivity contribution in [2.24, 2.45) is 0 Å². The lowest BCUT2D eigenvalue weighted by molar-refractivity contribution is 0.0708. The number of thiazole rings is 1. The van der Waals surface area contributed by atoms with Crippen LogP contribution in [0.5, 0.6) is 0 Å². The van der Waals surface area contributed by atoms with Crippen molar-refractivity contribution in [3.05, 3.63) is 87.0 Å². The maximum atomic E-state index is 13.1. The number of aryl methyl sites for hydroxylation is 1.